The number of hydrogen-bond donors (Lipinski definition) is 2. The summed E-state index contributed by atoms with van der Waals surface area (Å²) in [5, 5.41) is 2.26. The van der Waals surface area contributed by atoms with Gasteiger partial charge in [-0.25, -0.2) is 0 Å². The van der Waals surface area contributed by atoms with Crippen LogP contribution >= 0.6 is 27.7 Å². The molecule has 3 aromatic rings. The standard InChI is InChI=1S/C13H10BrN3S/c14-9-6-16-7-10(15)13(9)18-12-5-8-3-1-2-4-11(8)17-12/h1-7,17H,15H2. The lowest BCUT2D eigenvalue weighted by atomic mass is 10.3. The van der Waals surface area contributed by atoms with Gasteiger partial charge in [0.25, 0.3) is 0 Å². The summed E-state index contributed by atoms with van der Waals surface area (Å²) >= 11 is 5.07. The zero-order valence-corrected chi connectivity index (χ0v) is 11.8. The molecule has 0 amide bonds. The highest BCUT2D eigenvalue weighted by atomic mass is 79.9. The third-order valence-corrected chi connectivity index (χ3v) is 4.56. The number of aromatic amines is 1. The fraction of sp³-hybridized carbons (Fsp3) is 0. The molecule has 3 rings (SSSR count). The van der Waals surface area contributed by atoms with E-state index < -0.39 is 0 Å². The van der Waals surface area contributed by atoms with Crippen molar-refractivity contribution in [3.8, 4) is 0 Å². The Balaban J connectivity index is 2.01. The van der Waals surface area contributed by atoms with Gasteiger partial charge in [0.05, 0.1) is 26.3 Å². The van der Waals surface area contributed by atoms with Gasteiger partial charge in [0.1, 0.15) is 0 Å². The zero-order chi connectivity index (χ0) is 12.5. The average Bonchev–Trinajstić information content (AvgIpc) is 2.76. The molecule has 0 bridgehead atoms. The first kappa shape index (κ1) is 11.6. The second-order valence-corrected chi connectivity index (χ2v) is 5.77. The van der Waals surface area contributed by atoms with Crippen molar-refractivity contribution in [2.45, 2.75) is 9.92 Å². The zero-order valence-electron chi connectivity index (χ0n) is 9.35. The first-order valence-electron chi connectivity index (χ1n) is 5.38. The second kappa shape index (κ2) is 4.66. The van der Waals surface area contributed by atoms with Gasteiger partial charge in [0, 0.05) is 17.1 Å². The number of nitrogens with zero attached hydrogens (tertiary/aromatic N) is 1. The summed E-state index contributed by atoms with van der Waals surface area (Å²) in [6, 6.07) is 10.3. The molecule has 0 saturated carbocycles. The molecule has 0 atom stereocenters. The van der Waals surface area contributed by atoms with E-state index in [1.165, 1.54) is 5.39 Å². The van der Waals surface area contributed by atoms with Gasteiger partial charge < -0.3 is 10.7 Å². The molecule has 0 fully saturated rings. The highest BCUT2D eigenvalue weighted by Gasteiger charge is 2.08. The number of H-pyrrole nitrogens is 1. The van der Waals surface area contributed by atoms with E-state index in [9.17, 15) is 0 Å². The molecule has 0 spiro atoms. The van der Waals surface area contributed by atoms with Crippen molar-refractivity contribution in [2.24, 2.45) is 0 Å². The van der Waals surface area contributed by atoms with Crippen LogP contribution in [-0.4, -0.2) is 9.97 Å². The van der Waals surface area contributed by atoms with Crippen molar-refractivity contribution in [2.75, 3.05) is 5.73 Å². The third-order valence-electron chi connectivity index (χ3n) is 2.60. The van der Waals surface area contributed by atoms with Crippen molar-refractivity contribution >= 4 is 44.3 Å². The van der Waals surface area contributed by atoms with Crippen molar-refractivity contribution in [3.63, 3.8) is 0 Å². The van der Waals surface area contributed by atoms with E-state index in [0.717, 1.165) is 19.9 Å². The van der Waals surface area contributed by atoms with Crippen LogP contribution in [0.15, 0.2) is 57.1 Å². The monoisotopic (exact) mass is 319 g/mol. The number of hydrogen-bond acceptors (Lipinski definition) is 3. The minimum Gasteiger partial charge on any atom is -0.397 e. The number of fused-ring (bicyclic) bond motifs is 1. The number of nitrogens with one attached hydrogen (secondary N) is 1. The van der Waals surface area contributed by atoms with E-state index in [0.29, 0.717) is 5.69 Å². The van der Waals surface area contributed by atoms with Crippen LogP contribution in [0.5, 0.6) is 0 Å². The Morgan fingerprint density at radius 2 is 2.06 bits per heavy atom. The average molecular weight is 320 g/mol. The van der Waals surface area contributed by atoms with Gasteiger partial charge in [0.15, 0.2) is 0 Å². The molecule has 0 aliphatic heterocycles. The summed E-state index contributed by atoms with van der Waals surface area (Å²) in [6.07, 6.45) is 3.41. The van der Waals surface area contributed by atoms with Crippen LogP contribution in [-0.2, 0) is 0 Å². The fourth-order valence-corrected chi connectivity index (χ4v) is 3.24. The molecule has 0 aliphatic rings. The Morgan fingerprint density at radius 1 is 1.22 bits per heavy atom. The summed E-state index contributed by atoms with van der Waals surface area (Å²) in [4.78, 5) is 8.38. The Bertz CT molecular complexity index is 655. The van der Waals surface area contributed by atoms with E-state index in [-0.39, 0.29) is 0 Å². The SMILES string of the molecule is Nc1cncc(Br)c1Sc1cc2ccccc2[nH]1. The van der Waals surface area contributed by atoms with Crippen LogP contribution in [0.3, 0.4) is 0 Å². The van der Waals surface area contributed by atoms with Gasteiger partial charge in [-0.15, -0.1) is 0 Å². The second-order valence-electron chi connectivity index (χ2n) is 3.86. The first-order chi connectivity index (χ1) is 8.74. The van der Waals surface area contributed by atoms with Gasteiger partial charge in [-0.05, 0) is 28.1 Å². The van der Waals surface area contributed by atoms with Gasteiger partial charge >= 0.3 is 0 Å². The number of para-hydroxylation sites is 1. The lowest BCUT2D eigenvalue weighted by molar-refractivity contribution is 1.20. The molecule has 0 aliphatic carbocycles. The summed E-state index contributed by atoms with van der Waals surface area (Å²) < 4.78 is 0.908. The van der Waals surface area contributed by atoms with Gasteiger partial charge in [-0.2, -0.15) is 0 Å². The predicted octanol–water partition coefficient (Wildman–Crippen LogP) is 4.06. The molecule has 3 nitrogen and oxygen atoms in total. The maximum absolute atomic E-state index is 5.94. The maximum atomic E-state index is 5.94. The van der Waals surface area contributed by atoms with Gasteiger partial charge in [-0.1, -0.05) is 30.0 Å². The third kappa shape index (κ3) is 2.11. The van der Waals surface area contributed by atoms with Crippen LogP contribution in [0, 0.1) is 0 Å². The lowest BCUT2D eigenvalue weighted by Gasteiger charge is -2.05. The molecule has 0 unspecified atom stereocenters. The Hall–Kier alpha value is -1.46. The normalized spacial score (nSPS) is 10.9. The molecule has 3 N–H and O–H groups in total. The number of halogens is 1. The van der Waals surface area contributed by atoms with E-state index in [4.69, 9.17) is 5.73 Å². The highest BCUT2D eigenvalue weighted by Crippen LogP contribution is 2.37. The minimum absolute atomic E-state index is 0.674. The van der Waals surface area contributed by atoms with Gasteiger partial charge in [-0.3, -0.25) is 4.98 Å². The molecule has 90 valence electrons. The Kier molecular flexibility index (Phi) is 3.01. The number of nitrogens with two attached hydrogens (primary N) is 1. The number of benzene rings is 1. The van der Waals surface area contributed by atoms with Crippen molar-refractivity contribution in [1.29, 1.82) is 0 Å². The van der Waals surface area contributed by atoms with Crippen LogP contribution in [0.25, 0.3) is 10.9 Å². The molecular formula is C13H10BrN3S. The van der Waals surface area contributed by atoms with Crippen LogP contribution < -0.4 is 5.73 Å². The molecular weight excluding hydrogens is 310 g/mol. The molecule has 1 aromatic carbocycles. The molecule has 2 aromatic heterocycles. The largest absolute Gasteiger partial charge is 0.397 e. The number of rotatable bonds is 2. The Labute approximate surface area is 117 Å². The molecule has 2 heterocycles. The first-order valence-corrected chi connectivity index (χ1v) is 6.99. The van der Waals surface area contributed by atoms with Crippen molar-refractivity contribution in [1.82, 2.24) is 9.97 Å². The highest BCUT2D eigenvalue weighted by molar-refractivity contribution is 9.10. The number of aromatic nitrogens is 2. The summed E-state index contributed by atoms with van der Waals surface area (Å²) in [5.74, 6) is 0. The van der Waals surface area contributed by atoms with Crippen LogP contribution in [0.2, 0.25) is 0 Å². The topological polar surface area (TPSA) is 54.7 Å². The molecule has 0 radical (unpaired) electrons. The Morgan fingerprint density at radius 3 is 2.83 bits per heavy atom. The summed E-state index contributed by atoms with van der Waals surface area (Å²) in [5.41, 5.74) is 7.74. The van der Waals surface area contributed by atoms with E-state index in [1.54, 1.807) is 24.2 Å². The summed E-state index contributed by atoms with van der Waals surface area (Å²) in [7, 11) is 0. The van der Waals surface area contributed by atoms with Crippen LogP contribution in [0.4, 0.5) is 5.69 Å². The molecule has 18 heavy (non-hydrogen) atoms. The molecule has 5 heteroatoms. The number of nitrogen functional groups attached to an aromatic ring is 1. The van der Waals surface area contributed by atoms with E-state index in [1.807, 2.05) is 12.1 Å². The van der Waals surface area contributed by atoms with E-state index in [2.05, 4.69) is 44.1 Å². The number of pyridine rings is 1. The van der Waals surface area contributed by atoms with E-state index >= 15 is 0 Å². The van der Waals surface area contributed by atoms with Crippen LogP contribution in [0.1, 0.15) is 0 Å². The quantitative estimate of drug-likeness (QED) is 0.749. The maximum Gasteiger partial charge on any atom is 0.0782 e. The lowest BCUT2D eigenvalue weighted by Crippen LogP contribution is -1.90. The van der Waals surface area contributed by atoms with Gasteiger partial charge in [0.2, 0.25) is 0 Å². The smallest absolute Gasteiger partial charge is 0.0782 e. The predicted molar refractivity (Wildman–Crippen MR) is 78.8 cm³/mol. The molecule has 0 saturated heterocycles. The minimum atomic E-state index is 0.674. The van der Waals surface area contributed by atoms with Crippen molar-refractivity contribution in [3.05, 3.63) is 47.2 Å². The number of anilines is 1. The fourth-order valence-electron chi connectivity index (χ4n) is 1.76. The summed E-state index contributed by atoms with van der Waals surface area (Å²) in [6.45, 7) is 0. The van der Waals surface area contributed by atoms with Crippen molar-refractivity contribution < 1.29 is 0 Å².